The minimum atomic E-state index is -3.20. The average molecular weight is 315 g/mol. The summed E-state index contributed by atoms with van der Waals surface area (Å²) in [7, 11) is 0. The maximum absolute atomic E-state index is 12.8. The lowest BCUT2D eigenvalue weighted by Crippen LogP contribution is -2.80. The van der Waals surface area contributed by atoms with E-state index in [0.29, 0.717) is 6.42 Å². The van der Waals surface area contributed by atoms with E-state index in [2.05, 4.69) is 0 Å². The second-order valence-corrected chi connectivity index (χ2v) is 4.94. The maximum atomic E-state index is 12.8. The van der Waals surface area contributed by atoms with Gasteiger partial charge in [-0.15, -0.1) is 4.81 Å². The number of benzene rings is 1. The number of aliphatic hydroxyl groups is 2. The first-order valence-electron chi connectivity index (χ1n) is 7.14. The zero-order chi connectivity index (χ0) is 16.4. The fourth-order valence-corrected chi connectivity index (χ4v) is 2.23. The second-order valence-electron chi connectivity index (χ2n) is 4.94. The molecule has 3 N–H and O–H groups in total. The number of quaternary nitrogens is 2. The molecule has 1 aliphatic rings. The van der Waals surface area contributed by atoms with Crippen molar-refractivity contribution in [2.24, 2.45) is 0 Å². The van der Waals surface area contributed by atoms with E-state index < -0.39 is 15.8 Å². The van der Waals surface area contributed by atoms with E-state index in [1.165, 1.54) is 25.1 Å². The highest BCUT2D eigenvalue weighted by atomic mass is 17.0. The van der Waals surface area contributed by atoms with E-state index in [-0.39, 0.29) is 24.6 Å². The fourth-order valence-electron chi connectivity index (χ4n) is 2.23. The molecule has 22 heavy (non-hydrogen) atoms. The van der Waals surface area contributed by atoms with Crippen molar-refractivity contribution in [3.8, 4) is 0 Å². The van der Waals surface area contributed by atoms with Crippen LogP contribution in [0.15, 0.2) is 24.3 Å². The molecule has 0 amide bonds. The monoisotopic (exact) mass is 315 g/mol. The van der Waals surface area contributed by atoms with Crippen LogP contribution in [-0.2, 0) is 9.68 Å². The lowest BCUT2D eigenvalue weighted by Gasteiger charge is -2.52. The molecule has 2 unspecified atom stereocenters. The van der Waals surface area contributed by atoms with Gasteiger partial charge in [-0.25, -0.2) is 0 Å². The second kappa shape index (κ2) is 6.16. The number of nitrogens with zero attached hydrogens (tertiary/aromatic N) is 2. The van der Waals surface area contributed by atoms with Crippen molar-refractivity contribution in [1.82, 2.24) is 15.2 Å². The van der Waals surface area contributed by atoms with E-state index in [0.717, 1.165) is 6.42 Å². The first kappa shape index (κ1) is 17.2. The Balaban J connectivity index is 2.49. The van der Waals surface area contributed by atoms with Gasteiger partial charge in [0.25, 0.3) is 5.69 Å². The lowest BCUT2D eigenvalue weighted by atomic mass is 10.2. The molecule has 2 rings (SSSR count). The predicted octanol–water partition coefficient (Wildman–Crippen LogP) is 1.09. The van der Waals surface area contributed by atoms with Crippen molar-refractivity contribution in [1.29, 1.82) is 0 Å². The third-order valence-corrected chi connectivity index (χ3v) is 3.31. The SMILES string of the molecule is CCCCO[N+]1([O-])NC(O)(O)[N+]([O-])(OCC)c2ccccc21. The van der Waals surface area contributed by atoms with Crippen LogP contribution in [0.3, 0.4) is 0 Å². The summed E-state index contributed by atoms with van der Waals surface area (Å²) in [5.41, 5.74) is 1.53. The van der Waals surface area contributed by atoms with E-state index in [9.17, 15) is 20.6 Å². The first-order chi connectivity index (χ1) is 10.3. The topological polar surface area (TPSA) is 117 Å². The van der Waals surface area contributed by atoms with E-state index in [1.807, 2.05) is 12.3 Å². The molecule has 9 nitrogen and oxygen atoms in total. The van der Waals surface area contributed by atoms with Crippen molar-refractivity contribution in [3.63, 3.8) is 0 Å². The number of nitrogens with one attached hydrogen (secondary N) is 1. The van der Waals surface area contributed by atoms with Crippen LogP contribution in [0.1, 0.15) is 26.7 Å². The molecule has 2 atom stereocenters. The molecule has 0 radical (unpaired) electrons. The Bertz CT molecular complexity index is 528. The minimum absolute atomic E-state index is 0.0854. The number of unbranched alkanes of at least 4 members (excludes halogenated alkanes) is 1. The summed E-state index contributed by atoms with van der Waals surface area (Å²) >= 11 is 0. The molecular formula is C13H21N3O6. The maximum Gasteiger partial charge on any atom is 0.465 e. The molecule has 1 heterocycles. The van der Waals surface area contributed by atoms with Crippen LogP contribution in [-0.4, -0.2) is 29.5 Å². The summed E-state index contributed by atoms with van der Waals surface area (Å²) in [5, 5.41) is 45.7. The molecule has 1 aromatic rings. The standard InChI is InChI=1S/C13H21N3O6/c1-3-5-10-22-16(20)12-9-7-6-8-11(12)15(19,21-4-2)13(17,18)14-16/h6-9,14,17-18H,3-5,10H2,1-2H3. The van der Waals surface area contributed by atoms with Gasteiger partial charge in [0.1, 0.15) is 13.2 Å². The Morgan fingerprint density at radius 3 is 2.36 bits per heavy atom. The zero-order valence-electron chi connectivity index (χ0n) is 12.6. The minimum Gasteiger partial charge on any atom is -0.587 e. The van der Waals surface area contributed by atoms with Gasteiger partial charge in [0, 0.05) is 12.1 Å². The Labute approximate surface area is 128 Å². The molecule has 0 aliphatic carbocycles. The molecule has 1 aromatic carbocycles. The normalized spacial score (nSPS) is 30.1. The molecule has 9 heteroatoms. The Morgan fingerprint density at radius 2 is 1.77 bits per heavy atom. The number of hydrogen-bond donors (Lipinski definition) is 3. The van der Waals surface area contributed by atoms with Crippen LogP contribution in [0.4, 0.5) is 11.4 Å². The highest BCUT2D eigenvalue weighted by Crippen LogP contribution is 2.44. The van der Waals surface area contributed by atoms with E-state index in [4.69, 9.17) is 9.68 Å². The Hall–Kier alpha value is -1.14. The Morgan fingerprint density at radius 1 is 1.14 bits per heavy atom. The summed E-state index contributed by atoms with van der Waals surface area (Å²) in [6, 6.07) is 2.53. The molecule has 0 spiro atoms. The van der Waals surface area contributed by atoms with Gasteiger partial charge in [0.15, 0.2) is 0 Å². The van der Waals surface area contributed by atoms with E-state index >= 15 is 0 Å². The molecule has 0 saturated carbocycles. The van der Waals surface area contributed by atoms with Crippen LogP contribution in [0.25, 0.3) is 0 Å². The smallest absolute Gasteiger partial charge is 0.465 e. The predicted molar refractivity (Wildman–Crippen MR) is 79.6 cm³/mol. The van der Waals surface area contributed by atoms with Crippen LogP contribution < -0.4 is 15.2 Å². The number of hydroxylamine groups is 2. The third kappa shape index (κ3) is 2.74. The van der Waals surface area contributed by atoms with Gasteiger partial charge >= 0.3 is 6.03 Å². The summed E-state index contributed by atoms with van der Waals surface area (Å²) < 4.78 is 0. The number of fused-ring (bicyclic) bond motifs is 1. The zero-order valence-corrected chi connectivity index (χ0v) is 12.6. The van der Waals surface area contributed by atoms with Crippen molar-refractivity contribution in [2.75, 3.05) is 13.2 Å². The summed E-state index contributed by atoms with van der Waals surface area (Å²) in [4.78, 5) is 6.50. The summed E-state index contributed by atoms with van der Waals surface area (Å²) in [6.45, 7) is 3.46. The number of hydrogen-bond acceptors (Lipinski definition) is 7. The molecule has 0 bridgehead atoms. The van der Waals surface area contributed by atoms with Crippen LogP contribution in [0.2, 0.25) is 0 Å². The van der Waals surface area contributed by atoms with E-state index in [1.54, 1.807) is 6.07 Å². The average Bonchev–Trinajstić information content (AvgIpc) is 2.46. The molecule has 1 aliphatic heterocycles. The summed E-state index contributed by atoms with van der Waals surface area (Å²) in [5.74, 6) is 0. The first-order valence-corrected chi connectivity index (χ1v) is 7.14. The van der Waals surface area contributed by atoms with Crippen molar-refractivity contribution >= 4 is 11.4 Å². The van der Waals surface area contributed by atoms with Gasteiger partial charge in [0.05, 0.1) is 0 Å². The largest absolute Gasteiger partial charge is 0.587 e. The Kier molecular flexibility index (Phi) is 4.82. The van der Waals surface area contributed by atoms with Crippen LogP contribution in [0, 0.1) is 10.4 Å². The van der Waals surface area contributed by atoms with Crippen LogP contribution in [0.5, 0.6) is 0 Å². The summed E-state index contributed by atoms with van der Waals surface area (Å²) in [6.07, 6.45) is 1.41. The molecular weight excluding hydrogens is 294 g/mol. The van der Waals surface area contributed by atoms with Crippen molar-refractivity contribution < 1.29 is 19.9 Å². The molecule has 124 valence electrons. The van der Waals surface area contributed by atoms with Crippen LogP contribution >= 0.6 is 0 Å². The van der Waals surface area contributed by atoms with Gasteiger partial charge in [-0.2, -0.15) is 9.68 Å². The molecule has 0 fully saturated rings. The quantitative estimate of drug-likeness (QED) is 0.311. The third-order valence-electron chi connectivity index (χ3n) is 3.31. The number of para-hydroxylation sites is 2. The molecule has 0 aromatic heterocycles. The fraction of sp³-hybridized carbons (Fsp3) is 0.538. The van der Waals surface area contributed by atoms with Crippen molar-refractivity contribution in [2.45, 2.75) is 32.7 Å². The number of rotatable bonds is 6. The van der Waals surface area contributed by atoms with Gasteiger partial charge in [-0.3, -0.25) is 10.2 Å². The lowest BCUT2D eigenvalue weighted by molar-refractivity contribution is -0.402. The molecule has 0 saturated heterocycles. The van der Waals surface area contributed by atoms with Gasteiger partial charge in [-0.1, -0.05) is 30.4 Å². The highest BCUT2D eigenvalue weighted by molar-refractivity contribution is 5.67. The van der Waals surface area contributed by atoms with Gasteiger partial charge in [-0.05, 0) is 18.8 Å². The van der Waals surface area contributed by atoms with Crippen molar-refractivity contribution in [3.05, 3.63) is 34.7 Å². The highest BCUT2D eigenvalue weighted by Gasteiger charge is 2.61. The van der Waals surface area contributed by atoms with Gasteiger partial charge in [0.2, 0.25) is 5.69 Å². The van der Waals surface area contributed by atoms with Gasteiger partial charge < -0.3 is 10.4 Å².